The molecular formula is C56H40Br2F12N2O6. The van der Waals surface area contributed by atoms with E-state index >= 15 is 0 Å². The number of ether oxygens (including phenoxy) is 3. The number of hydrogen-bond donors (Lipinski definition) is 1. The van der Waals surface area contributed by atoms with Crippen molar-refractivity contribution < 1.29 is 81.6 Å². The number of carbonyl (C=O) groups excluding carboxylic acids is 1. The van der Waals surface area contributed by atoms with E-state index in [0.717, 1.165) is 23.5 Å². The van der Waals surface area contributed by atoms with Crippen LogP contribution in [0.15, 0.2) is 155 Å². The van der Waals surface area contributed by atoms with Gasteiger partial charge in [-0.05, 0) is 142 Å². The van der Waals surface area contributed by atoms with Crippen LogP contribution in [0.2, 0.25) is 0 Å². The monoisotopic (exact) mass is 1220 g/mol. The number of aryl methyl sites for hydroxylation is 2. The molecule has 2 aromatic heterocycles. The summed E-state index contributed by atoms with van der Waals surface area (Å²) in [6.07, 6.45) is -19.9. The van der Waals surface area contributed by atoms with Crippen LogP contribution in [0.5, 0.6) is 11.5 Å². The van der Waals surface area contributed by atoms with Crippen LogP contribution in [0.4, 0.5) is 52.7 Å². The molecule has 0 aliphatic heterocycles. The van der Waals surface area contributed by atoms with Gasteiger partial charge in [-0.15, -0.1) is 0 Å². The second-order valence-corrected chi connectivity index (χ2v) is 18.9. The molecule has 0 saturated carbocycles. The fourth-order valence-electron chi connectivity index (χ4n) is 8.20. The van der Waals surface area contributed by atoms with Gasteiger partial charge in [0.2, 0.25) is 0 Å². The lowest BCUT2D eigenvalue weighted by molar-refractivity contribution is -0.145. The van der Waals surface area contributed by atoms with E-state index in [-0.39, 0.29) is 35.8 Å². The average molecular weight is 1220 g/mol. The molecule has 0 atom stereocenters. The molecule has 78 heavy (non-hydrogen) atoms. The first-order valence-corrected chi connectivity index (χ1v) is 24.5. The Morgan fingerprint density at radius 1 is 0.500 bits per heavy atom. The summed E-state index contributed by atoms with van der Waals surface area (Å²) in [6.45, 7) is 4.29. The summed E-state index contributed by atoms with van der Waals surface area (Å²) in [7, 11) is 0. The Bertz CT molecular complexity index is 3510. The molecule has 0 saturated heterocycles. The maximum Gasteiger partial charge on any atom is 0.416 e. The van der Waals surface area contributed by atoms with Gasteiger partial charge in [0.15, 0.2) is 0 Å². The highest BCUT2D eigenvalue weighted by atomic mass is 79.9. The number of esters is 1. The van der Waals surface area contributed by atoms with Gasteiger partial charge in [0.1, 0.15) is 24.7 Å². The van der Waals surface area contributed by atoms with E-state index in [4.69, 9.17) is 14.2 Å². The molecule has 0 radical (unpaired) electrons. The highest BCUT2D eigenvalue weighted by Crippen LogP contribution is 2.42. The summed E-state index contributed by atoms with van der Waals surface area (Å²) in [5, 5.41) is 9.38. The number of aromatic nitrogens is 2. The van der Waals surface area contributed by atoms with Gasteiger partial charge in [-0.2, -0.15) is 52.7 Å². The van der Waals surface area contributed by atoms with E-state index in [1.807, 2.05) is 17.6 Å². The van der Waals surface area contributed by atoms with Gasteiger partial charge in [-0.25, -0.2) is 9.59 Å². The molecule has 0 aliphatic rings. The summed E-state index contributed by atoms with van der Waals surface area (Å²) < 4.78 is 182. The average Bonchev–Trinajstić information content (AvgIpc) is 4.13. The summed E-state index contributed by atoms with van der Waals surface area (Å²) in [5.41, 5.74) is -1.30. The van der Waals surface area contributed by atoms with Gasteiger partial charge < -0.3 is 28.5 Å². The lowest BCUT2D eigenvalue weighted by atomic mass is 10.0. The Labute approximate surface area is 453 Å². The Morgan fingerprint density at radius 2 is 0.910 bits per heavy atom. The molecule has 2 heterocycles. The molecule has 0 amide bonds. The minimum atomic E-state index is -5.02. The topological polar surface area (TPSA) is 91.9 Å². The molecular weight excluding hydrogens is 1180 g/mol. The number of alkyl halides is 12. The molecule has 8 aromatic rings. The van der Waals surface area contributed by atoms with E-state index in [1.54, 1.807) is 103 Å². The standard InChI is InChI=1S/C29H22BrF6NO3.C27H18BrF6NO3/c1-3-39-27(38)18-5-4-6-22(13-18)37-17(2)7-11-25(37)23-15-21(30)10-12-26(23)40-16-19-8-9-20(28(31,32)33)14-24(19)29(34,35)36;1-15-5-9-23(35(15)20-4-2-3-16(11-20)25(36)37)21-13-19(28)8-10-24(21)38-14-17-6-7-18(26(29,30)31)12-22(17)27(32,33)34/h4-15H,3,16H2,1-2H3;2-13H,14H2,1H3,(H,36,37). The van der Waals surface area contributed by atoms with Crippen molar-refractivity contribution in [1.29, 1.82) is 0 Å². The number of halogens is 14. The molecule has 0 bridgehead atoms. The quantitative estimate of drug-likeness (QED) is 0.0913. The van der Waals surface area contributed by atoms with Crippen molar-refractivity contribution >= 4 is 43.8 Å². The summed E-state index contributed by atoms with van der Waals surface area (Å²) in [4.78, 5) is 23.8. The third kappa shape index (κ3) is 13.6. The minimum absolute atomic E-state index is 0.0641. The van der Waals surface area contributed by atoms with Gasteiger partial charge in [0.25, 0.3) is 0 Å². The van der Waals surface area contributed by atoms with Gasteiger partial charge in [-0.1, -0.05) is 56.1 Å². The molecule has 0 fully saturated rings. The van der Waals surface area contributed by atoms with Crippen LogP contribution in [-0.2, 0) is 42.7 Å². The number of rotatable bonds is 13. The van der Waals surface area contributed by atoms with Crippen molar-refractivity contribution in [3.05, 3.63) is 210 Å². The largest absolute Gasteiger partial charge is 0.488 e. The van der Waals surface area contributed by atoms with Crippen LogP contribution in [0.1, 0.15) is 72.4 Å². The number of nitrogens with zero attached hydrogens (tertiary/aromatic N) is 2. The van der Waals surface area contributed by atoms with Crippen LogP contribution < -0.4 is 9.47 Å². The van der Waals surface area contributed by atoms with Gasteiger partial charge in [0, 0.05) is 54.0 Å². The molecule has 8 nitrogen and oxygen atoms in total. The summed E-state index contributed by atoms with van der Waals surface area (Å²) >= 11 is 6.78. The van der Waals surface area contributed by atoms with Crippen molar-refractivity contribution in [2.75, 3.05) is 6.61 Å². The molecule has 1 N–H and O–H groups in total. The summed E-state index contributed by atoms with van der Waals surface area (Å²) in [6, 6.07) is 32.7. The Hall–Kier alpha value is -7.46. The number of hydrogen-bond acceptors (Lipinski definition) is 5. The van der Waals surface area contributed by atoms with E-state index < -0.39 is 83.2 Å². The first kappa shape index (κ1) is 58.2. The molecule has 6 aromatic carbocycles. The zero-order valence-electron chi connectivity index (χ0n) is 40.7. The lowest BCUT2D eigenvalue weighted by Gasteiger charge is -2.19. The smallest absolute Gasteiger partial charge is 0.416 e. The maximum absolute atomic E-state index is 13.7. The summed E-state index contributed by atoms with van der Waals surface area (Å²) in [5.74, 6) is -1.21. The van der Waals surface area contributed by atoms with Crippen molar-refractivity contribution in [2.45, 2.75) is 58.7 Å². The molecule has 0 spiro atoms. The number of benzene rings is 6. The van der Waals surface area contributed by atoms with Crippen molar-refractivity contribution in [3.8, 4) is 45.4 Å². The predicted molar refractivity (Wildman–Crippen MR) is 272 cm³/mol. The third-order valence-electron chi connectivity index (χ3n) is 11.8. The normalized spacial score (nSPS) is 12.0. The van der Waals surface area contributed by atoms with Gasteiger partial charge in [-0.3, -0.25) is 0 Å². The Kier molecular flexibility index (Phi) is 17.4. The number of carbonyl (C=O) groups is 2. The Balaban J connectivity index is 0.000000226. The van der Waals surface area contributed by atoms with E-state index in [9.17, 15) is 67.4 Å². The highest BCUT2D eigenvalue weighted by molar-refractivity contribution is 9.10. The van der Waals surface area contributed by atoms with Crippen molar-refractivity contribution in [3.63, 3.8) is 0 Å². The zero-order chi connectivity index (χ0) is 57.1. The molecule has 22 heteroatoms. The highest BCUT2D eigenvalue weighted by Gasteiger charge is 2.40. The molecule has 0 unspecified atom stereocenters. The van der Waals surface area contributed by atoms with Crippen molar-refractivity contribution in [1.82, 2.24) is 9.13 Å². The second-order valence-electron chi connectivity index (χ2n) is 17.1. The predicted octanol–water partition coefficient (Wildman–Crippen LogP) is 17.5. The fraction of sp³-hybridized carbons (Fsp3) is 0.179. The van der Waals surface area contributed by atoms with Crippen LogP contribution >= 0.6 is 31.9 Å². The molecule has 408 valence electrons. The second kappa shape index (κ2) is 23.2. The van der Waals surface area contributed by atoms with Gasteiger partial charge in [0.05, 0.1) is 51.4 Å². The first-order chi connectivity index (χ1) is 36.5. The first-order valence-electron chi connectivity index (χ1n) is 22.9. The SMILES string of the molecule is CCOC(=O)c1cccc(-n2c(C)ccc2-c2cc(Br)ccc2OCc2ccc(C(F)(F)F)cc2C(F)(F)F)c1.Cc1ccc(-c2cc(Br)ccc2OCc2ccc(C(F)(F)F)cc2C(F)(F)F)n1-c1cccc(C(=O)O)c1. The van der Waals surface area contributed by atoms with Gasteiger partial charge >= 0.3 is 36.6 Å². The van der Waals surface area contributed by atoms with Crippen LogP contribution in [0, 0.1) is 13.8 Å². The molecule has 0 aliphatic carbocycles. The minimum Gasteiger partial charge on any atom is -0.488 e. The van der Waals surface area contributed by atoms with Crippen LogP contribution in [-0.4, -0.2) is 32.8 Å². The Morgan fingerprint density at radius 3 is 1.29 bits per heavy atom. The third-order valence-corrected chi connectivity index (χ3v) is 12.8. The van der Waals surface area contributed by atoms with E-state index in [1.165, 1.54) is 18.2 Å². The fourth-order valence-corrected chi connectivity index (χ4v) is 8.92. The van der Waals surface area contributed by atoms with E-state index in [0.29, 0.717) is 60.5 Å². The maximum atomic E-state index is 13.7. The number of aromatic carboxylic acids is 1. The van der Waals surface area contributed by atoms with Crippen LogP contribution in [0.25, 0.3) is 33.9 Å². The van der Waals surface area contributed by atoms with E-state index in [2.05, 4.69) is 31.9 Å². The number of carboxylic acid groups (broad SMARTS) is 1. The number of carboxylic acids is 1. The lowest BCUT2D eigenvalue weighted by Crippen LogP contribution is -2.14. The van der Waals surface area contributed by atoms with Crippen LogP contribution in [0.3, 0.4) is 0 Å². The molecule has 8 rings (SSSR count). The zero-order valence-corrected chi connectivity index (χ0v) is 43.8. The van der Waals surface area contributed by atoms with Crippen molar-refractivity contribution in [2.24, 2.45) is 0 Å².